The smallest absolute Gasteiger partial charge is 0.0704 e. The molecule has 0 saturated heterocycles. The highest BCUT2D eigenvalue weighted by molar-refractivity contribution is 5.60. The maximum Gasteiger partial charge on any atom is 0.0704 e. The second-order valence-corrected chi connectivity index (χ2v) is 8.21. The van der Waals surface area contributed by atoms with Crippen molar-refractivity contribution in [3.8, 4) is 11.3 Å². The Morgan fingerprint density at radius 3 is 2.09 bits per heavy atom. The van der Waals surface area contributed by atoms with Crippen molar-refractivity contribution in [2.45, 2.75) is 54.3 Å². The van der Waals surface area contributed by atoms with Crippen molar-refractivity contribution in [2.75, 3.05) is 0 Å². The van der Waals surface area contributed by atoms with E-state index in [9.17, 15) is 0 Å². The lowest BCUT2D eigenvalue weighted by Crippen LogP contribution is -2.15. The van der Waals surface area contributed by atoms with E-state index in [1.165, 1.54) is 0 Å². The van der Waals surface area contributed by atoms with Crippen LogP contribution in [0.15, 0.2) is 42.6 Å². The Morgan fingerprint density at radius 2 is 1.55 bits per heavy atom. The normalized spacial score (nSPS) is 14.5. The molecule has 0 saturated carbocycles. The number of benzene rings is 1. The van der Waals surface area contributed by atoms with Gasteiger partial charge in [0, 0.05) is 14.5 Å². The summed E-state index contributed by atoms with van der Waals surface area (Å²) in [7, 11) is 0. The first-order valence-corrected chi connectivity index (χ1v) is 7.97. The van der Waals surface area contributed by atoms with Gasteiger partial charge in [0.2, 0.25) is 0 Å². The van der Waals surface area contributed by atoms with E-state index in [-0.39, 0.29) is 5.41 Å². The molecule has 0 bridgehead atoms. The summed E-state index contributed by atoms with van der Waals surface area (Å²) in [5, 5.41) is 0. The molecule has 0 fully saturated rings. The van der Waals surface area contributed by atoms with Crippen molar-refractivity contribution in [3.63, 3.8) is 0 Å². The molecule has 0 aliphatic rings. The van der Waals surface area contributed by atoms with E-state index < -0.39 is 11.8 Å². The van der Waals surface area contributed by atoms with E-state index in [1.807, 2.05) is 51.1 Å². The molecule has 2 aromatic rings. The van der Waals surface area contributed by atoms with Gasteiger partial charge in [0.1, 0.15) is 0 Å². The summed E-state index contributed by atoms with van der Waals surface area (Å²) in [6.45, 7) is 12.4. The van der Waals surface area contributed by atoms with E-state index in [1.54, 1.807) is 6.20 Å². The van der Waals surface area contributed by atoms with Gasteiger partial charge in [0.15, 0.2) is 0 Å². The van der Waals surface area contributed by atoms with Crippen LogP contribution in [-0.4, -0.2) is 4.98 Å². The van der Waals surface area contributed by atoms with Gasteiger partial charge in [-0.05, 0) is 40.8 Å². The molecule has 22 heavy (non-hydrogen) atoms. The van der Waals surface area contributed by atoms with E-state index >= 15 is 0 Å². The molecule has 0 unspecified atom stereocenters. The van der Waals surface area contributed by atoms with Gasteiger partial charge in [0.25, 0.3) is 0 Å². The third kappa shape index (κ3) is 4.98. The molecule has 1 aromatic carbocycles. The predicted molar refractivity (Wildman–Crippen MR) is 96.0 cm³/mol. The molecular weight excluding hydrogens is 266 g/mol. The zero-order valence-electron chi connectivity index (χ0n) is 16.7. The summed E-state index contributed by atoms with van der Waals surface area (Å²) < 4.78 is 17.3. The summed E-state index contributed by atoms with van der Waals surface area (Å²) in [4.78, 5) is 4.58. The van der Waals surface area contributed by atoms with Crippen molar-refractivity contribution in [1.29, 1.82) is 0 Å². The van der Waals surface area contributed by atoms with Crippen LogP contribution >= 0.6 is 0 Å². The van der Waals surface area contributed by atoms with Crippen molar-refractivity contribution in [3.05, 3.63) is 53.7 Å². The summed E-state index contributed by atoms with van der Waals surface area (Å²) in [6, 6.07) is 12.2. The maximum absolute atomic E-state index is 8.67. The highest BCUT2D eigenvalue weighted by Gasteiger charge is 2.19. The molecule has 0 amide bonds. The van der Waals surface area contributed by atoms with Gasteiger partial charge in [-0.25, -0.2) is 0 Å². The van der Waals surface area contributed by atoms with Gasteiger partial charge in [0.05, 0.1) is 5.69 Å². The monoisotopic (exact) mass is 297 g/mol. The molecule has 1 nitrogen and oxygen atoms in total. The molecule has 0 aliphatic heterocycles. The lowest BCUT2D eigenvalue weighted by atomic mass is 9.81. The molecule has 0 aliphatic carbocycles. The first kappa shape index (κ1) is 14.0. The highest BCUT2D eigenvalue weighted by Crippen LogP contribution is 2.30. The maximum atomic E-state index is 8.67. The molecule has 1 heterocycles. The standard InChI is InChI=1S/C21H29N/c1-20(2,3)13-17-12-19(16-10-8-7-9-11-16)22-15-18(17)14-21(4,5)6/h7-12,15H,13-14H2,1-6H3/i14D2. The zero-order chi connectivity index (χ0) is 18.2. The fourth-order valence-electron chi connectivity index (χ4n) is 2.50. The van der Waals surface area contributed by atoms with Crippen LogP contribution in [0, 0.1) is 10.8 Å². The lowest BCUT2D eigenvalue weighted by Gasteiger charge is -2.24. The van der Waals surface area contributed by atoms with Gasteiger partial charge in [-0.2, -0.15) is 0 Å². The van der Waals surface area contributed by atoms with Crippen LogP contribution in [-0.2, 0) is 12.8 Å². The van der Waals surface area contributed by atoms with Crippen LogP contribution in [0.4, 0.5) is 0 Å². The first-order valence-electron chi connectivity index (χ1n) is 8.97. The molecule has 0 radical (unpaired) electrons. The van der Waals surface area contributed by atoms with E-state index in [2.05, 4.69) is 31.8 Å². The number of aromatic nitrogens is 1. The third-order valence-electron chi connectivity index (χ3n) is 3.29. The zero-order valence-corrected chi connectivity index (χ0v) is 14.7. The molecule has 1 heteroatoms. The average Bonchev–Trinajstić information content (AvgIpc) is 2.45. The number of hydrogen-bond acceptors (Lipinski definition) is 1. The molecular formula is C21H29N. The van der Waals surface area contributed by atoms with Crippen LogP contribution in [0.2, 0.25) is 0 Å². The lowest BCUT2D eigenvalue weighted by molar-refractivity contribution is 0.392. The summed E-state index contributed by atoms with van der Waals surface area (Å²) >= 11 is 0. The van der Waals surface area contributed by atoms with Crippen molar-refractivity contribution >= 4 is 0 Å². The molecule has 0 spiro atoms. The van der Waals surface area contributed by atoms with Gasteiger partial charge in [-0.1, -0.05) is 71.9 Å². The van der Waals surface area contributed by atoms with Crippen LogP contribution in [0.3, 0.4) is 0 Å². The number of hydrogen-bond donors (Lipinski definition) is 0. The van der Waals surface area contributed by atoms with Gasteiger partial charge in [-0.15, -0.1) is 0 Å². The minimum atomic E-state index is -1.43. The summed E-state index contributed by atoms with van der Waals surface area (Å²) in [5.41, 5.74) is 3.33. The molecule has 1 aromatic heterocycles. The number of pyridine rings is 1. The van der Waals surface area contributed by atoms with Gasteiger partial charge in [-0.3, -0.25) is 4.98 Å². The fourth-order valence-corrected chi connectivity index (χ4v) is 2.50. The van der Waals surface area contributed by atoms with Crippen molar-refractivity contribution < 1.29 is 2.74 Å². The number of rotatable bonds is 3. The van der Waals surface area contributed by atoms with Crippen LogP contribution in [0.1, 0.15) is 55.4 Å². The topological polar surface area (TPSA) is 12.9 Å². The van der Waals surface area contributed by atoms with E-state index in [0.717, 1.165) is 23.2 Å². The predicted octanol–water partition coefficient (Wildman–Crippen LogP) is 5.93. The van der Waals surface area contributed by atoms with Gasteiger partial charge < -0.3 is 0 Å². The van der Waals surface area contributed by atoms with Crippen molar-refractivity contribution in [1.82, 2.24) is 4.98 Å². The Balaban J connectivity index is 2.60. The van der Waals surface area contributed by atoms with Crippen molar-refractivity contribution in [2.24, 2.45) is 10.8 Å². The summed E-state index contributed by atoms with van der Waals surface area (Å²) in [5.74, 6) is 0. The van der Waals surface area contributed by atoms with E-state index in [0.29, 0.717) is 5.56 Å². The average molecular weight is 297 g/mol. The molecule has 0 N–H and O–H groups in total. The van der Waals surface area contributed by atoms with Crippen LogP contribution < -0.4 is 0 Å². The van der Waals surface area contributed by atoms with E-state index in [4.69, 9.17) is 2.74 Å². The Kier molecular flexibility index (Phi) is 3.97. The Hall–Kier alpha value is -1.63. The fraction of sp³-hybridized carbons (Fsp3) is 0.476. The second kappa shape index (κ2) is 6.24. The highest BCUT2D eigenvalue weighted by atomic mass is 14.7. The van der Waals surface area contributed by atoms with Crippen LogP contribution in [0.5, 0.6) is 0 Å². The molecule has 2 rings (SSSR count). The molecule has 0 atom stereocenters. The number of nitrogens with zero attached hydrogens (tertiary/aromatic N) is 1. The third-order valence-corrected chi connectivity index (χ3v) is 3.29. The Bertz CT molecular complexity index is 692. The minimum Gasteiger partial charge on any atom is -0.256 e. The summed E-state index contributed by atoms with van der Waals surface area (Å²) in [6.07, 6.45) is 1.13. The SMILES string of the molecule is [2H]C([2H])(c1cnc(-c2ccccc2)cc1CC(C)(C)C)C(C)(C)C. The quantitative estimate of drug-likeness (QED) is 0.684. The minimum absolute atomic E-state index is 0.0814. The Morgan fingerprint density at radius 1 is 0.909 bits per heavy atom. The first-order chi connectivity index (χ1) is 10.9. The van der Waals surface area contributed by atoms with Gasteiger partial charge >= 0.3 is 0 Å². The van der Waals surface area contributed by atoms with Crippen LogP contribution in [0.25, 0.3) is 11.3 Å². The Labute approximate surface area is 138 Å². The second-order valence-electron chi connectivity index (χ2n) is 8.21. The largest absolute Gasteiger partial charge is 0.256 e. The molecule has 118 valence electrons.